The lowest BCUT2D eigenvalue weighted by Gasteiger charge is -2.25. The van der Waals surface area contributed by atoms with E-state index in [0.717, 1.165) is 146 Å². The van der Waals surface area contributed by atoms with Gasteiger partial charge in [-0.05, 0) is 153 Å². The van der Waals surface area contributed by atoms with Gasteiger partial charge in [-0.25, -0.2) is 0 Å². The molecule has 9 rings (SSSR count). The van der Waals surface area contributed by atoms with Crippen molar-refractivity contribution in [3.05, 3.63) is 133 Å². The molecule has 84 heavy (non-hydrogen) atoms. The minimum absolute atomic E-state index is 0.686. The third-order valence-electron chi connectivity index (χ3n) is 16.9. The van der Waals surface area contributed by atoms with Crippen LogP contribution in [-0.2, 0) is 0 Å². The summed E-state index contributed by atoms with van der Waals surface area (Å²) in [7, 11) is 10.4. The summed E-state index contributed by atoms with van der Waals surface area (Å²) in [6, 6.07) is 46.8. The summed E-state index contributed by atoms with van der Waals surface area (Å²) in [6.07, 6.45) is 25.6. The van der Waals surface area contributed by atoms with Crippen molar-refractivity contribution < 1.29 is 37.9 Å². The first-order chi connectivity index (χ1) is 41.4. The highest BCUT2D eigenvalue weighted by atomic mass is 16.5. The van der Waals surface area contributed by atoms with Crippen LogP contribution in [0.25, 0.3) is 87.6 Å². The van der Waals surface area contributed by atoms with Crippen LogP contribution in [0.1, 0.15) is 142 Å². The van der Waals surface area contributed by atoms with E-state index in [0.29, 0.717) is 13.2 Å². The Kier molecular flexibility index (Phi) is 22.4. The first kappa shape index (κ1) is 61.0. The molecule has 0 saturated carbocycles. The Morgan fingerprint density at radius 2 is 0.500 bits per heavy atom. The van der Waals surface area contributed by atoms with E-state index in [9.17, 15) is 0 Å². The van der Waals surface area contributed by atoms with E-state index < -0.39 is 0 Å². The second-order valence-corrected chi connectivity index (χ2v) is 22.5. The summed E-state index contributed by atoms with van der Waals surface area (Å²) < 4.78 is 50.1. The third kappa shape index (κ3) is 14.1. The van der Waals surface area contributed by atoms with Gasteiger partial charge in [0.1, 0.15) is 46.0 Å². The number of rotatable bonds is 34. The fraction of sp³-hybridized carbons (Fsp3) is 0.395. The quantitative estimate of drug-likeness (QED) is 0.0224. The van der Waals surface area contributed by atoms with Gasteiger partial charge in [-0.15, -0.1) is 0 Å². The van der Waals surface area contributed by atoms with Gasteiger partial charge in [0.25, 0.3) is 0 Å². The monoisotopic (exact) mass is 1130 g/mol. The van der Waals surface area contributed by atoms with E-state index in [1.165, 1.54) is 116 Å². The number of ether oxygens (including phenoxy) is 8. The molecule has 0 amide bonds. The zero-order valence-corrected chi connectivity index (χ0v) is 51.5. The number of benzene rings is 9. The van der Waals surface area contributed by atoms with Crippen molar-refractivity contribution in [2.75, 3.05) is 55.9 Å². The van der Waals surface area contributed by atoms with Crippen LogP contribution in [0.5, 0.6) is 46.0 Å². The number of methoxy groups -OCH3 is 6. The van der Waals surface area contributed by atoms with Crippen LogP contribution in [0.4, 0.5) is 0 Å². The lowest BCUT2D eigenvalue weighted by molar-refractivity contribution is 0.304. The Bertz CT molecular complexity index is 3290. The SMILES string of the molecule is CCCCCCCCCCCCOc1ccc(-c2c(-c3ccc(OC)cc3)c3cc4c(cc3c3c(OC)ccc(OC)c23)c(-c2ccc(OC)cc2)c(-c2ccc(OCCCCCCCCCCCC)cc2)c2c(OC)ccc(OC)c24)cc1. The molecule has 0 aromatic heterocycles. The van der Waals surface area contributed by atoms with Crippen molar-refractivity contribution in [2.24, 2.45) is 0 Å². The molecule has 0 fully saturated rings. The highest BCUT2D eigenvalue weighted by Crippen LogP contribution is 2.55. The molecular weight excluding hydrogens is 1040 g/mol. The van der Waals surface area contributed by atoms with Crippen LogP contribution >= 0.6 is 0 Å². The van der Waals surface area contributed by atoms with Crippen molar-refractivity contribution in [3.8, 4) is 90.5 Å². The van der Waals surface area contributed by atoms with Crippen molar-refractivity contribution in [1.82, 2.24) is 0 Å². The fourth-order valence-corrected chi connectivity index (χ4v) is 12.5. The molecule has 0 N–H and O–H groups in total. The van der Waals surface area contributed by atoms with Gasteiger partial charge in [0.2, 0.25) is 0 Å². The number of fused-ring (bicyclic) bond motifs is 6. The van der Waals surface area contributed by atoms with Gasteiger partial charge in [-0.1, -0.05) is 178 Å². The first-order valence-corrected chi connectivity index (χ1v) is 31.3. The summed E-state index contributed by atoms with van der Waals surface area (Å²) in [5.74, 6) is 6.16. The van der Waals surface area contributed by atoms with Gasteiger partial charge in [-0.3, -0.25) is 0 Å². The largest absolute Gasteiger partial charge is 0.497 e. The Hall–Kier alpha value is -7.58. The van der Waals surface area contributed by atoms with Gasteiger partial charge < -0.3 is 37.9 Å². The van der Waals surface area contributed by atoms with Gasteiger partial charge >= 0.3 is 0 Å². The topological polar surface area (TPSA) is 73.8 Å². The molecule has 0 unspecified atom stereocenters. The highest BCUT2D eigenvalue weighted by molar-refractivity contribution is 6.32. The van der Waals surface area contributed by atoms with E-state index in [4.69, 9.17) is 37.9 Å². The van der Waals surface area contributed by atoms with Crippen LogP contribution in [0.3, 0.4) is 0 Å². The average Bonchev–Trinajstić information content (AvgIpc) is 1.09. The average molecular weight is 1130 g/mol. The van der Waals surface area contributed by atoms with Gasteiger partial charge in [0.15, 0.2) is 0 Å². The van der Waals surface area contributed by atoms with Gasteiger partial charge in [0, 0.05) is 32.7 Å². The molecule has 0 aliphatic rings. The summed E-state index contributed by atoms with van der Waals surface area (Å²) in [6.45, 7) is 5.93. The van der Waals surface area contributed by atoms with Crippen molar-refractivity contribution >= 4 is 43.1 Å². The van der Waals surface area contributed by atoms with Crippen molar-refractivity contribution in [3.63, 3.8) is 0 Å². The molecule has 9 aromatic rings. The molecule has 0 aliphatic carbocycles. The summed E-state index contributed by atoms with van der Waals surface area (Å²) >= 11 is 0. The Balaban J connectivity index is 1.21. The molecule has 0 saturated heterocycles. The molecule has 0 atom stereocenters. The van der Waals surface area contributed by atoms with Crippen molar-refractivity contribution in [2.45, 2.75) is 142 Å². The molecule has 0 bridgehead atoms. The normalized spacial score (nSPS) is 11.4. The summed E-state index contributed by atoms with van der Waals surface area (Å²) in [5, 5.41) is 7.78. The molecule has 0 radical (unpaired) electrons. The second-order valence-electron chi connectivity index (χ2n) is 22.5. The molecule has 0 spiro atoms. The van der Waals surface area contributed by atoms with Crippen molar-refractivity contribution in [1.29, 1.82) is 0 Å². The van der Waals surface area contributed by atoms with Crippen LogP contribution in [-0.4, -0.2) is 55.9 Å². The maximum atomic E-state index is 6.44. The predicted octanol–water partition coefficient (Wildman–Crippen LogP) is 21.6. The minimum atomic E-state index is 0.686. The maximum Gasteiger partial charge on any atom is 0.127 e. The summed E-state index contributed by atoms with van der Waals surface area (Å²) in [4.78, 5) is 0. The van der Waals surface area contributed by atoms with Crippen LogP contribution < -0.4 is 37.9 Å². The molecule has 8 heteroatoms. The standard InChI is InChI=1S/C76H90O8/c1-9-11-13-15-17-19-21-23-25-27-49-83-59-41-33-55(34-42-59)71-69(53-29-37-57(77-3)38-30-53)61-51-64-62(52-63(61)73-65(79-5)45-47-67(81-7)75(71)73)70(54-31-39-58(78-4)40-32-54)72(76-68(82-8)48-46-66(80-6)74(64)76)56-35-43-60(44-36-56)84-50-28-26-24-22-20-18-16-14-12-10-2/h29-48,51-52H,9-28,49-50H2,1-8H3. The summed E-state index contributed by atoms with van der Waals surface area (Å²) in [5.41, 5.74) is 8.14. The van der Waals surface area contributed by atoms with E-state index in [1.807, 2.05) is 48.5 Å². The minimum Gasteiger partial charge on any atom is -0.497 e. The Labute approximate surface area is 500 Å². The number of hydrogen-bond acceptors (Lipinski definition) is 8. The molecule has 8 nitrogen and oxygen atoms in total. The van der Waals surface area contributed by atoms with E-state index in [-0.39, 0.29) is 0 Å². The predicted molar refractivity (Wildman–Crippen MR) is 352 cm³/mol. The first-order valence-electron chi connectivity index (χ1n) is 31.3. The molecule has 0 aliphatic heterocycles. The Morgan fingerprint density at radius 1 is 0.238 bits per heavy atom. The lowest BCUT2D eigenvalue weighted by Crippen LogP contribution is -2.00. The molecular formula is C76H90O8. The smallest absolute Gasteiger partial charge is 0.127 e. The maximum absolute atomic E-state index is 6.44. The zero-order valence-electron chi connectivity index (χ0n) is 51.5. The third-order valence-corrected chi connectivity index (χ3v) is 16.9. The van der Waals surface area contributed by atoms with E-state index in [1.54, 1.807) is 42.7 Å². The molecule has 442 valence electrons. The van der Waals surface area contributed by atoms with Crippen LogP contribution in [0.15, 0.2) is 133 Å². The number of unbranched alkanes of at least 4 members (excludes halogenated alkanes) is 18. The van der Waals surface area contributed by atoms with E-state index >= 15 is 0 Å². The highest BCUT2D eigenvalue weighted by Gasteiger charge is 2.28. The van der Waals surface area contributed by atoms with Crippen LogP contribution in [0, 0.1) is 0 Å². The second kappa shape index (κ2) is 30.8. The zero-order chi connectivity index (χ0) is 58.6. The Morgan fingerprint density at radius 3 is 0.786 bits per heavy atom. The van der Waals surface area contributed by atoms with Gasteiger partial charge in [-0.2, -0.15) is 0 Å². The molecule has 9 aromatic carbocycles. The fourth-order valence-electron chi connectivity index (χ4n) is 12.5. The van der Waals surface area contributed by atoms with Crippen LogP contribution in [0.2, 0.25) is 0 Å². The lowest BCUT2D eigenvalue weighted by atomic mass is 9.80. The van der Waals surface area contributed by atoms with Gasteiger partial charge in [0.05, 0.1) is 55.9 Å². The molecule has 0 heterocycles. The van der Waals surface area contributed by atoms with E-state index in [2.05, 4.69) is 98.8 Å². The number of hydrogen-bond donors (Lipinski definition) is 0.